The van der Waals surface area contributed by atoms with E-state index in [4.69, 9.17) is 28.5 Å². The van der Waals surface area contributed by atoms with Gasteiger partial charge in [0.05, 0.1) is 11.1 Å². The van der Waals surface area contributed by atoms with Crippen LogP contribution in [0.2, 0.25) is 0 Å². The average Bonchev–Trinajstić information content (AvgIpc) is 2.88. The van der Waals surface area contributed by atoms with Gasteiger partial charge in [-0.1, -0.05) is 0 Å². The molecule has 1 heterocycles. The highest BCUT2D eigenvalue weighted by atomic mass is 35.5. The Balaban J connectivity index is 2.40. The largest absolute Gasteiger partial charge is 0.307 e. The van der Waals surface area contributed by atoms with Crippen LogP contribution in [0.1, 0.15) is 12.0 Å². The first kappa shape index (κ1) is 12.9. The maximum Gasteiger partial charge on any atom is 0.287 e. The van der Waals surface area contributed by atoms with Crippen molar-refractivity contribution >= 4 is 28.9 Å². The highest BCUT2D eigenvalue weighted by Gasteiger charge is 2.51. The molecule has 6 nitrogen and oxygen atoms in total. The molecule has 2 rings (SSSR count). The van der Waals surface area contributed by atoms with Crippen molar-refractivity contribution in [1.82, 2.24) is 4.57 Å². The van der Waals surface area contributed by atoms with E-state index in [-0.39, 0.29) is 23.7 Å². The molecule has 0 amide bonds. The molecule has 1 aliphatic rings. The molecule has 0 N–H and O–H groups in total. The van der Waals surface area contributed by atoms with Gasteiger partial charge in [0.25, 0.3) is 11.2 Å². The lowest BCUT2D eigenvalue weighted by Crippen LogP contribution is -2.24. The maximum atomic E-state index is 11.8. The van der Waals surface area contributed by atoms with E-state index in [1.165, 1.54) is 0 Å². The summed E-state index contributed by atoms with van der Waals surface area (Å²) in [6, 6.07) is 2.60. The SMILES string of the molecule is N#Cc1cc([N+](=O)[O-])cn(C[C@@H]2CC2(Cl)Cl)c1=O. The molecule has 0 radical (unpaired) electrons. The Bertz CT molecular complexity index is 618. The van der Waals surface area contributed by atoms with Gasteiger partial charge >= 0.3 is 0 Å². The van der Waals surface area contributed by atoms with E-state index in [1.807, 2.05) is 0 Å². The van der Waals surface area contributed by atoms with Gasteiger partial charge in [0, 0.05) is 18.5 Å². The third-order valence-corrected chi connectivity index (χ3v) is 3.70. The van der Waals surface area contributed by atoms with Crippen molar-refractivity contribution < 1.29 is 4.92 Å². The van der Waals surface area contributed by atoms with Gasteiger partial charge in [-0.2, -0.15) is 5.26 Å². The molecule has 1 fully saturated rings. The lowest BCUT2D eigenvalue weighted by Gasteiger charge is -2.05. The van der Waals surface area contributed by atoms with Crippen molar-refractivity contribution in [1.29, 1.82) is 5.26 Å². The number of aromatic nitrogens is 1. The summed E-state index contributed by atoms with van der Waals surface area (Å²) in [5.41, 5.74) is -1.14. The van der Waals surface area contributed by atoms with Gasteiger partial charge < -0.3 is 4.57 Å². The fourth-order valence-electron chi connectivity index (χ4n) is 1.64. The molecule has 0 saturated heterocycles. The predicted octanol–water partition coefficient (Wildman–Crippen LogP) is 1.82. The second kappa shape index (κ2) is 4.26. The zero-order chi connectivity index (χ0) is 13.5. The number of nitriles is 1. The van der Waals surface area contributed by atoms with Crippen LogP contribution in [0.5, 0.6) is 0 Å². The molecule has 1 saturated carbocycles. The molecule has 1 aliphatic carbocycles. The molecule has 18 heavy (non-hydrogen) atoms. The van der Waals surface area contributed by atoms with Crippen molar-refractivity contribution in [2.45, 2.75) is 17.3 Å². The number of hydrogen-bond donors (Lipinski definition) is 0. The molecular weight excluding hydrogens is 281 g/mol. The minimum Gasteiger partial charge on any atom is -0.307 e. The monoisotopic (exact) mass is 287 g/mol. The normalized spacial score (nSPS) is 20.2. The van der Waals surface area contributed by atoms with Crippen molar-refractivity contribution in [2.24, 2.45) is 5.92 Å². The Labute approximate surface area is 111 Å². The minimum atomic E-state index is -0.878. The summed E-state index contributed by atoms with van der Waals surface area (Å²) in [7, 11) is 0. The van der Waals surface area contributed by atoms with Gasteiger partial charge in [-0.15, -0.1) is 23.2 Å². The number of halogens is 2. The summed E-state index contributed by atoms with van der Waals surface area (Å²) in [5.74, 6) is -0.132. The average molecular weight is 288 g/mol. The van der Waals surface area contributed by atoms with Crippen molar-refractivity contribution in [3.63, 3.8) is 0 Å². The Kier molecular flexibility index (Phi) is 3.05. The van der Waals surface area contributed by atoms with Gasteiger partial charge in [0.1, 0.15) is 16.0 Å². The number of nitro groups is 1. The molecule has 0 bridgehead atoms. The second-order valence-corrected chi connectivity index (χ2v) is 5.64. The summed E-state index contributed by atoms with van der Waals surface area (Å²) >= 11 is 11.7. The standard InChI is InChI=1S/C10H7Cl2N3O3/c11-10(12)2-7(10)4-14-5-8(15(17)18)1-6(3-13)9(14)16/h1,5,7H,2,4H2/t7-/m0/s1. The van der Waals surface area contributed by atoms with Crippen LogP contribution in [0.15, 0.2) is 17.1 Å². The second-order valence-electron chi connectivity index (χ2n) is 4.10. The third kappa shape index (κ3) is 2.33. The first-order valence-electron chi connectivity index (χ1n) is 5.02. The van der Waals surface area contributed by atoms with Crippen molar-refractivity contribution in [2.75, 3.05) is 0 Å². The van der Waals surface area contributed by atoms with Crippen molar-refractivity contribution in [3.8, 4) is 6.07 Å². The number of nitrogens with zero attached hydrogens (tertiary/aromatic N) is 3. The lowest BCUT2D eigenvalue weighted by molar-refractivity contribution is -0.385. The van der Waals surface area contributed by atoms with Crippen LogP contribution in [0.25, 0.3) is 0 Å². The van der Waals surface area contributed by atoms with Crippen LogP contribution >= 0.6 is 23.2 Å². The Morgan fingerprint density at radius 3 is 2.72 bits per heavy atom. The van der Waals surface area contributed by atoms with E-state index in [9.17, 15) is 14.9 Å². The van der Waals surface area contributed by atoms with Gasteiger partial charge in [-0.3, -0.25) is 14.9 Å². The van der Waals surface area contributed by atoms with E-state index in [2.05, 4.69) is 0 Å². The summed E-state index contributed by atoms with van der Waals surface area (Å²) in [5, 5.41) is 19.5. The highest BCUT2D eigenvalue weighted by molar-refractivity contribution is 6.50. The topological polar surface area (TPSA) is 88.9 Å². The maximum absolute atomic E-state index is 11.8. The number of alkyl halides is 2. The van der Waals surface area contributed by atoms with E-state index in [1.54, 1.807) is 6.07 Å². The van der Waals surface area contributed by atoms with E-state index in [0.717, 1.165) is 16.8 Å². The molecule has 1 atom stereocenters. The summed E-state index contributed by atoms with van der Waals surface area (Å²) in [6.45, 7) is 0.169. The highest BCUT2D eigenvalue weighted by Crippen LogP contribution is 2.53. The van der Waals surface area contributed by atoms with E-state index >= 15 is 0 Å². The van der Waals surface area contributed by atoms with Gasteiger partial charge in [0.2, 0.25) is 0 Å². The van der Waals surface area contributed by atoms with Crippen LogP contribution in [-0.2, 0) is 6.54 Å². The molecule has 0 unspecified atom stereocenters. The predicted molar refractivity (Wildman–Crippen MR) is 64.6 cm³/mol. The molecule has 0 spiro atoms. The molecular formula is C10H7Cl2N3O3. The Hall–Kier alpha value is -1.58. The fourth-order valence-corrected chi connectivity index (χ4v) is 2.15. The van der Waals surface area contributed by atoms with E-state index in [0.29, 0.717) is 6.42 Å². The Morgan fingerprint density at radius 1 is 1.67 bits per heavy atom. The van der Waals surface area contributed by atoms with Crippen LogP contribution in [-0.4, -0.2) is 13.8 Å². The number of hydrogen-bond acceptors (Lipinski definition) is 4. The smallest absolute Gasteiger partial charge is 0.287 e. The molecule has 8 heteroatoms. The Morgan fingerprint density at radius 2 is 2.28 bits per heavy atom. The molecule has 1 aromatic heterocycles. The minimum absolute atomic E-state index is 0.132. The lowest BCUT2D eigenvalue weighted by atomic mass is 10.2. The molecule has 0 aromatic carbocycles. The summed E-state index contributed by atoms with van der Waals surface area (Å²) < 4.78 is 0.241. The van der Waals surface area contributed by atoms with E-state index < -0.39 is 14.8 Å². The molecule has 0 aliphatic heterocycles. The summed E-state index contributed by atoms with van der Waals surface area (Å²) in [4.78, 5) is 21.8. The third-order valence-electron chi connectivity index (χ3n) is 2.78. The van der Waals surface area contributed by atoms with Gasteiger partial charge in [-0.25, -0.2) is 0 Å². The molecule has 1 aromatic rings. The quantitative estimate of drug-likeness (QED) is 0.482. The summed E-state index contributed by atoms with van der Waals surface area (Å²) in [6.07, 6.45) is 1.62. The first-order valence-corrected chi connectivity index (χ1v) is 5.77. The molecule has 94 valence electrons. The number of rotatable bonds is 3. The first-order chi connectivity index (χ1) is 8.35. The number of pyridine rings is 1. The zero-order valence-corrected chi connectivity index (χ0v) is 10.5. The van der Waals surface area contributed by atoms with Gasteiger partial charge in [0.15, 0.2) is 0 Å². The fraction of sp³-hybridized carbons (Fsp3) is 0.400. The zero-order valence-electron chi connectivity index (χ0n) is 8.97. The van der Waals surface area contributed by atoms with Crippen LogP contribution < -0.4 is 5.56 Å². The van der Waals surface area contributed by atoms with Crippen molar-refractivity contribution in [3.05, 3.63) is 38.3 Å². The van der Waals surface area contributed by atoms with Crippen LogP contribution in [0, 0.1) is 27.4 Å². The van der Waals surface area contributed by atoms with Crippen LogP contribution in [0.4, 0.5) is 5.69 Å². The van der Waals surface area contributed by atoms with Gasteiger partial charge in [-0.05, 0) is 6.42 Å². The van der Waals surface area contributed by atoms with Crippen LogP contribution in [0.3, 0.4) is 0 Å².